The van der Waals surface area contributed by atoms with Crippen LogP contribution in [0, 0.1) is 18.6 Å². The molecule has 1 atom stereocenters. The molecule has 2 aromatic rings. The monoisotopic (exact) mass is 370 g/mol. The van der Waals surface area contributed by atoms with Gasteiger partial charge >= 0.3 is 6.01 Å². The fraction of sp³-hybridized carbons (Fsp3) is 0.333. The third-order valence-corrected chi connectivity index (χ3v) is 5.90. The van der Waals surface area contributed by atoms with Crippen molar-refractivity contribution in [2.45, 2.75) is 24.3 Å². The van der Waals surface area contributed by atoms with Gasteiger partial charge in [0.25, 0.3) is 0 Å². The van der Waals surface area contributed by atoms with E-state index in [1.807, 2.05) is 0 Å². The van der Waals surface area contributed by atoms with Crippen LogP contribution in [0.5, 0.6) is 6.01 Å². The van der Waals surface area contributed by atoms with Crippen molar-refractivity contribution in [1.82, 2.24) is 14.3 Å². The van der Waals surface area contributed by atoms with Gasteiger partial charge in [-0.2, -0.15) is 9.29 Å². The number of aromatic nitrogens is 2. The summed E-state index contributed by atoms with van der Waals surface area (Å²) < 4.78 is 58.6. The molecule has 134 valence electrons. The Morgan fingerprint density at radius 3 is 2.84 bits per heavy atom. The first-order valence-electron chi connectivity index (χ1n) is 7.48. The van der Waals surface area contributed by atoms with Crippen LogP contribution < -0.4 is 10.5 Å². The number of nitrogen functional groups attached to an aromatic ring is 1. The van der Waals surface area contributed by atoms with Crippen molar-refractivity contribution in [2.24, 2.45) is 0 Å². The van der Waals surface area contributed by atoms with Crippen molar-refractivity contribution < 1.29 is 21.9 Å². The maximum atomic E-state index is 13.4. The van der Waals surface area contributed by atoms with Gasteiger partial charge in [-0.3, -0.25) is 0 Å². The highest BCUT2D eigenvalue weighted by molar-refractivity contribution is 7.89. The van der Waals surface area contributed by atoms with E-state index in [9.17, 15) is 17.2 Å². The third-order valence-electron chi connectivity index (χ3n) is 3.90. The van der Waals surface area contributed by atoms with Crippen molar-refractivity contribution >= 4 is 15.8 Å². The summed E-state index contributed by atoms with van der Waals surface area (Å²) in [6, 6.07) is 3.51. The normalized spacial score (nSPS) is 18.4. The summed E-state index contributed by atoms with van der Waals surface area (Å²) in [6.07, 6.45) is 0.777. The van der Waals surface area contributed by atoms with Gasteiger partial charge in [-0.25, -0.2) is 22.2 Å². The van der Waals surface area contributed by atoms with Gasteiger partial charge in [0.15, 0.2) is 11.6 Å². The van der Waals surface area contributed by atoms with Gasteiger partial charge < -0.3 is 10.5 Å². The van der Waals surface area contributed by atoms with Gasteiger partial charge in [-0.15, -0.1) is 0 Å². The zero-order valence-corrected chi connectivity index (χ0v) is 14.1. The Kier molecular flexibility index (Phi) is 4.56. The molecule has 0 amide bonds. The Morgan fingerprint density at radius 1 is 1.36 bits per heavy atom. The van der Waals surface area contributed by atoms with Crippen molar-refractivity contribution in [3.63, 3.8) is 0 Å². The number of hydrogen-bond acceptors (Lipinski definition) is 6. The molecule has 1 saturated heterocycles. The van der Waals surface area contributed by atoms with Gasteiger partial charge in [0.05, 0.1) is 17.6 Å². The lowest BCUT2D eigenvalue weighted by atomic mass is 10.2. The van der Waals surface area contributed by atoms with E-state index in [2.05, 4.69) is 9.97 Å². The fourth-order valence-electron chi connectivity index (χ4n) is 2.57. The molecule has 0 radical (unpaired) electrons. The quantitative estimate of drug-likeness (QED) is 0.876. The highest BCUT2D eigenvalue weighted by Crippen LogP contribution is 2.26. The molecule has 25 heavy (non-hydrogen) atoms. The number of rotatable bonds is 4. The minimum atomic E-state index is -3.84. The fourth-order valence-corrected chi connectivity index (χ4v) is 4.30. The summed E-state index contributed by atoms with van der Waals surface area (Å²) >= 11 is 0. The van der Waals surface area contributed by atoms with Crippen LogP contribution in [0.2, 0.25) is 0 Å². The summed E-state index contributed by atoms with van der Waals surface area (Å²) in [5.41, 5.74) is 5.81. The van der Waals surface area contributed by atoms with Gasteiger partial charge in [0.1, 0.15) is 11.9 Å². The van der Waals surface area contributed by atoms with Gasteiger partial charge in [-0.1, -0.05) is 6.07 Å². The van der Waals surface area contributed by atoms with E-state index in [4.69, 9.17) is 10.5 Å². The largest absolute Gasteiger partial charge is 0.459 e. The second-order valence-electron chi connectivity index (χ2n) is 5.69. The van der Waals surface area contributed by atoms with E-state index in [0.717, 1.165) is 12.3 Å². The lowest BCUT2D eigenvalue weighted by Gasteiger charge is -2.18. The molecule has 7 nitrogen and oxygen atoms in total. The molecule has 1 aromatic heterocycles. The van der Waals surface area contributed by atoms with E-state index in [0.29, 0.717) is 12.0 Å². The highest BCUT2D eigenvalue weighted by atomic mass is 32.2. The first-order valence-corrected chi connectivity index (χ1v) is 8.92. The summed E-state index contributed by atoms with van der Waals surface area (Å²) in [5, 5.41) is 0. The minimum absolute atomic E-state index is 0.0545. The molecule has 0 aliphatic carbocycles. The SMILES string of the molecule is Cc1ccc(F)cc1S(=O)(=O)N1CC[C@H](Oc2ncc(F)c(N)n2)C1. The predicted octanol–water partition coefficient (Wildman–Crippen LogP) is 1.49. The smallest absolute Gasteiger partial charge is 0.318 e. The first kappa shape index (κ1) is 17.5. The molecule has 0 spiro atoms. The molecule has 0 unspecified atom stereocenters. The van der Waals surface area contributed by atoms with Crippen LogP contribution >= 0.6 is 0 Å². The number of ether oxygens (including phenoxy) is 1. The lowest BCUT2D eigenvalue weighted by Crippen LogP contribution is -2.31. The van der Waals surface area contributed by atoms with Crippen molar-refractivity contribution in [3.8, 4) is 6.01 Å². The molecule has 0 saturated carbocycles. The Morgan fingerprint density at radius 2 is 2.12 bits per heavy atom. The van der Waals surface area contributed by atoms with E-state index in [1.165, 1.54) is 16.4 Å². The van der Waals surface area contributed by atoms with Crippen molar-refractivity contribution in [2.75, 3.05) is 18.8 Å². The first-order chi connectivity index (χ1) is 11.8. The maximum absolute atomic E-state index is 13.4. The van der Waals surface area contributed by atoms with Crippen LogP contribution in [-0.2, 0) is 10.0 Å². The number of halogens is 2. The molecule has 1 aliphatic heterocycles. The molecule has 1 fully saturated rings. The molecule has 1 aliphatic rings. The van der Waals surface area contributed by atoms with Crippen molar-refractivity contribution in [3.05, 3.63) is 41.6 Å². The number of benzene rings is 1. The number of nitrogens with two attached hydrogens (primary N) is 1. The van der Waals surface area contributed by atoms with Gasteiger partial charge in [-0.05, 0) is 31.0 Å². The average molecular weight is 370 g/mol. The van der Waals surface area contributed by atoms with E-state index >= 15 is 0 Å². The van der Waals surface area contributed by atoms with E-state index in [1.54, 1.807) is 6.92 Å². The van der Waals surface area contributed by atoms with Gasteiger partial charge in [0.2, 0.25) is 10.0 Å². The molecular formula is C15H16F2N4O3S. The van der Waals surface area contributed by atoms with Crippen LogP contribution in [0.25, 0.3) is 0 Å². The molecular weight excluding hydrogens is 354 g/mol. The van der Waals surface area contributed by atoms with E-state index in [-0.39, 0.29) is 29.8 Å². The maximum Gasteiger partial charge on any atom is 0.318 e. The van der Waals surface area contributed by atoms with Crippen LogP contribution in [-0.4, -0.2) is 41.9 Å². The topological polar surface area (TPSA) is 98.4 Å². The number of sulfonamides is 1. The summed E-state index contributed by atoms with van der Waals surface area (Å²) in [6.45, 7) is 1.87. The number of aryl methyl sites for hydroxylation is 1. The Balaban J connectivity index is 1.75. The number of hydrogen-bond donors (Lipinski definition) is 1. The van der Waals surface area contributed by atoms with Crippen LogP contribution in [0.3, 0.4) is 0 Å². The second kappa shape index (κ2) is 6.52. The lowest BCUT2D eigenvalue weighted by molar-refractivity contribution is 0.197. The summed E-state index contributed by atoms with van der Waals surface area (Å²) in [7, 11) is -3.84. The van der Waals surface area contributed by atoms with E-state index < -0.39 is 27.8 Å². The highest BCUT2D eigenvalue weighted by Gasteiger charge is 2.35. The van der Waals surface area contributed by atoms with Gasteiger partial charge in [0, 0.05) is 6.54 Å². The standard InChI is InChI=1S/C15H16F2N4O3S/c1-9-2-3-10(16)6-13(9)25(22,23)21-5-4-11(8-21)24-15-19-7-12(17)14(18)20-15/h2-3,6-7,11H,4-5,8H2,1H3,(H2,18,19,20)/t11-/m0/s1. The Hall–Kier alpha value is -2.33. The number of anilines is 1. The van der Waals surface area contributed by atoms with Crippen LogP contribution in [0.4, 0.5) is 14.6 Å². The molecule has 2 heterocycles. The average Bonchev–Trinajstić information content (AvgIpc) is 3.02. The zero-order chi connectivity index (χ0) is 18.2. The van der Waals surface area contributed by atoms with Crippen molar-refractivity contribution in [1.29, 1.82) is 0 Å². The Bertz CT molecular complexity index is 908. The molecule has 10 heteroatoms. The summed E-state index contributed by atoms with van der Waals surface area (Å²) in [4.78, 5) is 7.25. The molecule has 2 N–H and O–H groups in total. The Labute approximate surface area is 143 Å². The molecule has 3 rings (SSSR count). The molecule has 1 aromatic carbocycles. The minimum Gasteiger partial charge on any atom is -0.459 e. The molecule has 0 bridgehead atoms. The zero-order valence-electron chi connectivity index (χ0n) is 13.3. The third kappa shape index (κ3) is 3.54. The van der Waals surface area contributed by atoms with Crippen LogP contribution in [0.1, 0.15) is 12.0 Å². The van der Waals surface area contributed by atoms with Crippen LogP contribution in [0.15, 0.2) is 29.3 Å². The predicted molar refractivity (Wildman–Crippen MR) is 85.3 cm³/mol. The second-order valence-corrected chi connectivity index (χ2v) is 7.59. The number of nitrogens with zero attached hydrogens (tertiary/aromatic N) is 3. The summed E-state index contributed by atoms with van der Waals surface area (Å²) in [5.74, 6) is -1.72.